The van der Waals surface area contributed by atoms with Gasteiger partial charge in [0.15, 0.2) is 0 Å². The molecule has 0 bridgehead atoms. The standard InChI is InChI=1S/C56H67F4N11O12/c1-34-32-70(33-35(2)67(34)3)45-29-41(57)38(27-43(45)65-52(76)39-31-64-49(74)28-40(39)56(58,59)60)36-7-9-46(63-30-36)68-15-17-69(18-16-68)50(75)12-11-47(72)62-14-20-81-22-24-83-26-25-82-23-21-80-19-13-61-42-6-4-5-37-51(42)55(79)71(54(37)78)44-8-10-48(73)66-53(44)77/h4-7,9,27-31,34-35,44,61H,8,10-26,32-33H2,1-3H3,(H,62,72)(H,64,74)(H,65,76)(H,66,73,77)/t34-,35+,44?. The minimum atomic E-state index is -5.00. The lowest BCUT2D eigenvalue weighted by Crippen LogP contribution is -2.55. The molecule has 6 heterocycles. The van der Waals surface area contributed by atoms with E-state index >= 15 is 4.39 Å². The van der Waals surface area contributed by atoms with Gasteiger partial charge in [-0.2, -0.15) is 13.2 Å². The Morgan fingerprint density at radius 2 is 1.42 bits per heavy atom. The number of nitrogens with one attached hydrogen (secondary N) is 5. The van der Waals surface area contributed by atoms with Crippen LogP contribution in [0.4, 0.5) is 40.4 Å². The minimum absolute atomic E-state index is 0.000651. The van der Waals surface area contributed by atoms with E-state index < -0.39 is 64.3 Å². The van der Waals surface area contributed by atoms with Crippen molar-refractivity contribution in [2.75, 3.05) is 133 Å². The quantitative estimate of drug-likeness (QED) is 0.0361. The molecule has 23 nitrogen and oxygen atoms in total. The number of alkyl halides is 3. The summed E-state index contributed by atoms with van der Waals surface area (Å²) in [5.74, 6) is -3.99. The summed E-state index contributed by atoms with van der Waals surface area (Å²) in [5, 5.41) is 10.6. The van der Waals surface area contributed by atoms with Crippen LogP contribution in [-0.2, 0) is 44.3 Å². The SMILES string of the molecule is C[C@@H]1CN(c2cc(F)c(-c3ccc(N4CCN(C(=O)CCC(=O)NCCOCCOCCOCCOCCNc5cccc6c5C(=O)N(C5CCC(=O)NC5=O)C6=O)CC4)nc3)cc2NC(=O)c2c[nH]c(=O)cc2C(F)(F)F)C[C@H](C)N1C. The normalized spacial score (nSPS) is 18.6. The fraction of sp³-hybridized carbons (Fsp3) is 0.482. The van der Waals surface area contributed by atoms with Crippen molar-refractivity contribution < 1.29 is 70.1 Å². The van der Waals surface area contributed by atoms with E-state index in [-0.39, 0.29) is 97.4 Å². The minimum Gasteiger partial charge on any atom is -0.382 e. The second-order valence-corrected chi connectivity index (χ2v) is 20.4. The van der Waals surface area contributed by atoms with E-state index in [0.29, 0.717) is 115 Å². The number of H-pyrrole nitrogens is 1. The van der Waals surface area contributed by atoms with Gasteiger partial charge in [-0.05, 0) is 63.7 Å². The summed E-state index contributed by atoms with van der Waals surface area (Å²) in [7, 11) is 1.96. The van der Waals surface area contributed by atoms with Gasteiger partial charge in [-0.15, -0.1) is 0 Å². The van der Waals surface area contributed by atoms with Crippen LogP contribution in [0.1, 0.15) is 76.2 Å². The number of hydrogen-bond donors (Lipinski definition) is 5. The number of halogens is 4. The second-order valence-electron chi connectivity index (χ2n) is 20.4. The first-order valence-corrected chi connectivity index (χ1v) is 27.4. The second kappa shape index (κ2) is 27.9. The predicted octanol–water partition coefficient (Wildman–Crippen LogP) is 3.50. The van der Waals surface area contributed by atoms with Crippen LogP contribution in [0.15, 0.2) is 65.7 Å². The Balaban J connectivity index is 0.678. The number of aromatic nitrogens is 2. The first-order valence-electron chi connectivity index (χ1n) is 27.4. The summed E-state index contributed by atoms with van der Waals surface area (Å²) < 4.78 is 80.3. The van der Waals surface area contributed by atoms with E-state index in [1.807, 2.05) is 30.7 Å². The molecule has 0 spiro atoms. The van der Waals surface area contributed by atoms with Crippen molar-refractivity contribution in [3.8, 4) is 11.1 Å². The highest BCUT2D eigenvalue weighted by molar-refractivity contribution is 6.25. The van der Waals surface area contributed by atoms with Crippen LogP contribution in [-0.4, -0.2) is 196 Å². The van der Waals surface area contributed by atoms with E-state index in [0.717, 1.165) is 4.90 Å². The summed E-state index contributed by atoms with van der Waals surface area (Å²) in [4.78, 5) is 116. The van der Waals surface area contributed by atoms with E-state index in [2.05, 4.69) is 36.1 Å². The van der Waals surface area contributed by atoms with Gasteiger partial charge in [0.05, 0.1) is 86.5 Å². The molecule has 3 atom stereocenters. The number of piperidine rings is 1. The Morgan fingerprint density at radius 1 is 0.759 bits per heavy atom. The van der Waals surface area contributed by atoms with Gasteiger partial charge in [-0.25, -0.2) is 9.37 Å². The van der Waals surface area contributed by atoms with Gasteiger partial charge < -0.3 is 54.6 Å². The van der Waals surface area contributed by atoms with E-state index in [1.54, 1.807) is 29.2 Å². The first kappa shape index (κ1) is 61.2. The molecule has 4 aliphatic heterocycles. The molecule has 3 fully saturated rings. The lowest BCUT2D eigenvalue weighted by Gasteiger charge is -2.44. The van der Waals surface area contributed by atoms with Crippen molar-refractivity contribution in [3.05, 3.63) is 99.3 Å². The lowest BCUT2D eigenvalue weighted by molar-refractivity contribution is -0.138. The zero-order valence-electron chi connectivity index (χ0n) is 46.2. The number of carbonyl (C=O) groups is 7. The number of carbonyl (C=O) groups excluding carboxylic acids is 7. The number of nitrogens with zero attached hydrogens (tertiary/aromatic N) is 6. The number of ether oxygens (including phenoxy) is 4. The van der Waals surface area contributed by atoms with Crippen molar-refractivity contribution in [3.63, 3.8) is 0 Å². The molecule has 5 N–H and O–H groups in total. The number of fused-ring (bicyclic) bond motifs is 1. The Labute approximate surface area is 475 Å². The van der Waals surface area contributed by atoms with Crippen LogP contribution >= 0.6 is 0 Å². The Hall–Kier alpha value is -7.85. The maximum absolute atomic E-state index is 16.2. The third-order valence-corrected chi connectivity index (χ3v) is 14.8. The first-order chi connectivity index (χ1) is 39.8. The Morgan fingerprint density at radius 3 is 2.06 bits per heavy atom. The molecule has 8 rings (SSSR count). The monoisotopic (exact) mass is 1160 g/mol. The summed E-state index contributed by atoms with van der Waals surface area (Å²) in [6, 6.07) is 10.1. The molecule has 2 aromatic heterocycles. The van der Waals surface area contributed by atoms with Gasteiger partial charge in [0.1, 0.15) is 17.7 Å². The molecule has 3 saturated heterocycles. The van der Waals surface area contributed by atoms with Gasteiger partial charge in [0.25, 0.3) is 17.7 Å². The van der Waals surface area contributed by atoms with Gasteiger partial charge in [-0.3, -0.25) is 53.5 Å². The molecule has 2 aromatic carbocycles. The van der Waals surface area contributed by atoms with Crippen molar-refractivity contribution >= 4 is 64.2 Å². The molecule has 27 heteroatoms. The van der Waals surface area contributed by atoms with Crippen LogP contribution in [0.25, 0.3) is 11.1 Å². The molecule has 0 radical (unpaired) electrons. The van der Waals surface area contributed by atoms with Crippen LogP contribution in [0, 0.1) is 5.82 Å². The van der Waals surface area contributed by atoms with Crippen LogP contribution in [0.3, 0.4) is 0 Å². The maximum Gasteiger partial charge on any atom is 0.417 e. The maximum atomic E-state index is 16.2. The largest absolute Gasteiger partial charge is 0.417 e. The number of hydrogen-bond acceptors (Lipinski definition) is 17. The number of benzene rings is 2. The van der Waals surface area contributed by atoms with Gasteiger partial charge in [0, 0.05) is 119 Å². The molecular weight excluding hydrogens is 1090 g/mol. The highest BCUT2D eigenvalue weighted by Gasteiger charge is 2.46. The van der Waals surface area contributed by atoms with Crippen molar-refractivity contribution in [2.24, 2.45) is 0 Å². The molecule has 0 aliphatic carbocycles. The van der Waals surface area contributed by atoms with Crippen LogP contribution < -0.4 is 36.6 Å². The highest BCUT2D eigenvalue weighted by Crippen LogP contribution is 2.38. The molecule has 7 amide bonds. The Bertz CT molecular complexity index is 3070. The Kier molecular flexibility index (Phi) is 20.6. The molecule has 446 valence electrons. The number of likely N-dealkylation sites (N-methyl/N-ethyl adjacent to an activating group) is 1. The molecule has 83 heavy (non-hydrogen) atoms. The number of imide groups is 2. The number of pyridine rings is 2. The predicted molar refractivity (Wildman–Crippen MR) is 294 cm³/mol. The smallest absolute Gasteiger partial charge is 0.382 e. The van der Waals surface area contributed by atoms with Gasteiger partial charge >= 0.3 is 6.18 Å². The van der Waals surface area contributed by atoms with Crippen LogP contribution in [0.5, 0.6) is 0 Å². The molecule has 1 unspecified atom stereocenters. The summed E-state index contributed by atoms with van der Waals surface area (Å²) in [5.41, 5.74) is -1.74. The zero-order valence-corrected chi connectivity index (χ0v) is 46.2. The average Bonchev–Trinajstić information content (AvgIpc) is 3.62. The van der Waals surface area contributed by atoms with Crippen LogP contribution in [0.2, 0.25) is 0 Å². The molecular formula is C56H67F4N11O12. The van der Waals surface area contributed by atoms with Crippen molar-refractivity contribution in [1.82, 2.24) is 35.3 Å². The van der Waals surface area contributed by atoms with E-state index in [9.17, 15) is 51.5 Å². The zero-order chi connectivity index (χ0) is 59.4. The third kappa shape index (κ3) is 15.4. The lowest BCUT2D eigenvalue weighted by atomic mass is 10.0. The topological polar surface area (TPSA) is 266 Å². The summed E-state index contributed by atoms with van der Waals surface area (Å²) in [6.45, 7) is 9.47. The van der Waals surface area contributed by atoms with Gasteiger partial charge in [0.2, 0.25) is 29.2 Å². The van der Waals surface area contributed by atoms with Gasteiger partial charge in [-0.1, -0.05) is 6.07 Å². The number of amides is 7. The number of rotatable bonds is 25. The fourth-order valence-electron chi connectivity index (χ4n) is 10.2. The number of anilines is 4. The summed E-state index contributed by atoms with van der Waals surface area (Å²) >= 11 is 0. The third-order valence-electron chi connectivity index (χ3n) is 14.8. The fourth-order valence-corrected chi connectivity index (χ4v) is 10.2. The molecule has 4 aliphatic rings. The molecule has 4 aromatic rings. The molecule has 0 saturated carbocycles. The average molecular weight is 1160 g/mol. The number of aromatic amines is 1. The van der Waals surface area contributed by atoms with Crippen molar-refractivity contribution in [2.45, 2.75) is 63.8 Å². The number of piperazine rings is 2. The van der Waals surface area contributed by atoms with Crippen molar-refractivity contribution in [1.29, 1.82) is 0 Å². The van der Waals surface area contributed by atoms with E-state index in [1.165, 1.54) is 24.4 Å². The summed E-state index contributed by atoms with van der Waals surface area (Å²) in [6.07, 6.45) is -2.71. The van der Waals surface area contributed by atoms with E-state index in [4.69, 9.17) is 18.9 Å². The highest BCUT2D eigenvalue weighted by atomic mass is 19.4.